The predicted octanol–water partition coefficient (Wildman–Crippen LogP) is 3.84. The molecule has 0 unspecified atom stereocenters. The second kappa shape index (κ2) is 11.7. The Morgan fingerprint density at radius 1 is 1.03 bits per heavy atom. The monoisotopic (exact) mass is 529 g/mol. The molecular weight excluding hydrogens is 506 g/mol. The molecule has 0 aliphatic rings. The van der Waals surface area contributed by atoms with Crippen LogP contribution in [0.25, 0.3) is 0 Å². The Kier molecular flexibility index (Phi) is 8.76. The van der Waals surface area contributed by atoms with Crippen molar-refractivity contribution < 1.29 is 17.9 Å². The number of amides is 1. The van der Waals surface area contributed by atoms with E-state index < -0.39 is 15.9 Å². The van der Waals surface area contributed by atoms with Crippen LogP contribution < -0.4 is 10.2 Å². The fourth-order valence-electron chi connectivity index (χ4n) is 3.08. The summed E-state index contributed by atoms with van der Waals surface area (Å²) < 4.78 is 33.7. The molecule has 0 radical (unpaired) electrons. The van der Waals surface area contributed by atoms with Crippen LogP contribution in [-0.4, -0.2) is 45.0 Å². The van der Waals surface area contributed by atoms with Gasteiger partial charge in [0.25, 0.3) is 5.91 Å². The lowest BCUT2D eigenvalue weighted by molar-refractivity contribution is -0.121. The Morgan fingerprint density at radius 2 is 1.70 bits per heavy atom. The molecule has 0 heterocycles. The van der Waals surface area contributed by atoms with Crippen LogP contribution in [0.3, 0.4) is 0 Å². The van der Waals surface area contributed by atoms with Crippen molar-refractivity contribution in [2.75, 3.05) is 20.2 Å². The first kappa shape index (κ1) is 24.6. The molecule has 9 heteroatoms. The van der Waals surface area contributed by atoms with Crippen LogP contribution in [0.4, 0.5) is 0 Å². The van der Waals surface area contributed by atoms with E-state index in [1.54, 1.807) is 31.4 Å². The number of nitrogens with zero attached hydrogens (tertiary/aromatic N) is 2. The Balaban J connectivity index is 1.74. The molecule has 1 amide bonds. The van der Waals surface area contributed by atoms with Gasteiger partial charge in [0.2, 0.25) is 10.0 Å². The van der Waals surface area contributed by atoms with Gasteiger partial charge in [-0.3, -0.25) is 4.79 Å². The second-order valence-electron chi connectivity index (χ2n) is 7.06. The minimum Gasteiger partial charge on any atom is -0.496 e. The number of methoxy groups -OCH3 is 1. The van der Waals surface area contributed by atoms with Crippen molar-refractivity contribution in [2.24, 2.45) is 5.10 Å². The molecule has 0 bridgehead atoms. The molecule has 7 nitrogen and oxygen atoms in total. The smallest absolute Gasteiger partial charge is 0.255 e. The Hall–Kier alpha value is -3.01. The van der Waals surface area contributed by atoms with Gasteiger partial charge < -0.3 is 4.74 Å². The van der Waals surface area contributed by atoms with E-state index in [9.17, 15) is 13.2 Å². The summed E-state index contributed by atoms with van der Waals surface area (Å²) in [5, 5.41) is 3.96. The highest BCUT2D eigenvalue weighted by atomic mass is 79.9. The maximum atomic E-state index is 13.3. The highest BCUT2D eigenvalue weighted by molar-refractivity contribution is 9.10. The summed E-state index contributed by atoms with van der Waals surface area (Å²) >= 11 is 3.31. The number of carbonyl (C=O) groups is 1. The number of rotatable bonds is 10. The quantitative estimate of drug-likeness (QED) is 0.319. The van der Waals surface area contributed by atoms with Gasteiger partial charge in [-0.2, -0.15) is 9.41 Å². The van der Waals surface area contributed by atoms with Crippen LogP contribution in [0.1, 0.15) is 11.1 Å². The maximum absolute atomic E-state index is 13.3. The maximum Gasteiger partial charge on any atom is 0.255 e. The molecule has 3 rings (SSSR count). The summed E-state index contributed by atoms with van der Waals surface area (Å²) in [6.07, 6.45) is 1.92. The minimum absolute atomic E-state index is 0.115. The molecule has 0 aliphatic heterocycles. The van der Waals surface area contributed by atoms with E-state index in [1.165, 1.54) is 18.3 Å². The van der Waals surface area contributed by atoms with Crippen LogP contribution in [0, 0.1) is 0 Å². The first-order valence-corrected chi connectivity index (χ1v) is 12.4. The fraction of sp³-hybridized carbons (Fsp3) is 0.167. The lowest BCUT2D eigenvalue weighted by Crippen LogP contribution is -2.40. The van der Waals surface area contributed by atoms with Crippen molar-refractivity contribution in [3.8, 4) is 5.75 Å². The molecule has 0 saturated heterocycles. The second-order valence-corrected chi connectivity index (χ2v) is 9.92. The largest absolute Gasteiger partial charge is 0.496 e. The van der Waals surface area contributed by atoms with Crippen molar-refractivity contribution in [1.82, 2.24) is 9.73 Å². The number of nitrogens with one attached hydrogen (secondary N) is 1. The van der Waals surface area contributed by atoms with E-state index >= 15 is 0 Å². The van der Waals surface area contributed by atoms with E-state index in [-0.39, 0.29) is 18.0 Å². The van der Waals surface area contributed by atoms with Crippen LogP contribution in [0.2, 0.25) is 0 Å². The number of hydrogen-bond donors (Lipinski definition) is 1. The number of benzene rings is 3. The third-order valence-corrected chi connectivity index (χ3v) is 7.18. The van der Waals surface area contributed by atoms with E-state index in [2.05, 4.69) is 26.5 Å². The Morgan fingerprint density at radius 3 is 2.39 bits per heavy atom. The summed E-state index contributed by atoms with van der Waals surface area (Å²) in [6.45, 7) is -0.222. The summed E-state index contributed by atoms with van der Waals surface area (Å²) in [6, 6.07) is 23.0. The number of carbonyl (C=O) groups excluding carboxylic acids is 1. The lowest BCUT2D eigenvalue weighted by atomic mass is 10.1. The van der Waals surface area contributed by atoms with Crippen molar-refractivity contribution in [3.05, 3.63) is 94.5 Å². The summed E-state index contributed by atoms with van der Waals surface area (Å²) in [4.78, 5) is 12.7. The summed E-state index contributed by atoms with van der Waals surface area (Å²) in [7, 11) is -2.35. The third-order valence-electron chi connectivity index (χ3n) is 4.80. The van der Waals surface area contributed by atoms with E-state index in [0.717, 1.165) is 14.3 Å². The molecular formula is C24H24BrN3O4S. The first-order valence-electron chi connectivity index (χ1n) is 10.1. The number of hydrogen-bond acceptors (Lipinski definition) is 5. The standard InChI is InChI=1S/C24H24BrN3O4S/c1-32-23-10-6-5-9-20(23)17-26-27-24(29)18-28(16-15-19-7-3-2-4-8-19)33(30,31)22-13-11-21(25)12-14-22/h2-14,17H,15-16,18H2,1H3,(H,27,29)/b26-17-. The van der Waals surface area contributed by atoms with Gasteiger partial charge in [0.05, 0.1) is 24.8 Å². The molecule has 0 atom stereocenters. The molecule has 0 spiro atoms. The van der Waals surface area contributed by atoms with E-state index in [4.69, 9.17) is 4.74 Å². The summed E-state index contributed by atoms with van der Waals surface area (Å²) in [5.41, 5.74) is 4.06. The van der Waals surface area contributed by atoms with Gasteiger partial charge in [0.1, 0.15) is 5.75 Å². The van der Waals surface area contributed by atoms with Crippen molar-refractivity contribution in [3.63, 3.8) is 0 Å². The van der Waals surface area contributed by atoms with Gasteiger partial charge in [-0.05, 0) is 48.4 Å². The molecule has 3 aromatic rings. The van der Waals surface area contributed by atoms with Crippen molar-refractivity contribution in [1.29, 1.82) is 0 Å². The normalized spacial score (nSPS) is 11.6. The predicted molar refractivity (Wildman–Crippen MR) is 132 cm³/mol. The molecule has 0 fully saturated rings. The van der Waals surface area contributed by atoms with Crippen molar-refractivity contribution in [2.45, 2.75) is 11.3 Å². The Labute approximate surface area is 202 Å². The topological polar surface area (TPSA) is 88.1 Å². The lowest BCUT2D eigenvalue weighted by Gasteiger charge is -2.21. The van der Waals surface area contributed by atoms with E-state index in [1.807, 2.05) is 42.5 Å². The van der Waals surface area contributed by atoms with Gasteiger partial charge >= 0.3 is 0 Å². The molecule has 33 heavy (non-hydrogen) atoms. The number of halogens is 1. The van der Waals surface area contributed by atoms with Crippen LogP contribution in [0.15, 0.2) is 93.3 Å². The highest BCUT2D eigenvalue weighted by Crippen LogP contribution is 2.19. The van der Waals surface area contributed by atoms with Crippen molar-refractivity contribution >= 4 is 38.1 Å². The van der Waals surface area contributed by atoms with Gasteiger partial charge in [0, 0.05) is 16.6 Å². The molecule has 1 N–H and O–H groups in total. The molecule has 0 aromatic heterocycles. The SMILES string of the molecule is COc1ccccc1/C=N\NC(=O)CN(CCc1ccccc1)S(=O)(=O)c1ccc(Br)cc1. The number of ether oxygens (including phenoxy) is 1. The average Bonchev–Trinajstić information content (AvgIpc) is 2.83. The van der Waals surface area contributed by atoms with Crippen LogP contribution in [-0.2, 0) is 21.2 Å². The Bertz CT molecular complexity index is 1200. The van der Waals surface area contributed by atoms with Crippen LogP contribution in [0.5, 0.6) is 5.75 Å². The highest BCUT2D eigenvalue weighted by Gasteiger charge is 2.26. The first-order chi connectivity index (χ1) is 15.9. The zero-order valence-corrected chi connectivity index (χ0v) is 20.4. The van der Waals surface area contributed by atoms with Gasteiger partial charge in [0.15, 0.2) is 0 Å². The molecule has 0 saturated carbocycles. The molecule has 3 aromatic carbocycles. The fourth-order valence-corrected chi connectivity index (χ4v) is 4.74. The number of hydrazone groups is 1. The molecule has 0 aliphatic carbocycles. The average molecular weight is 530 g/mol. The van der Waals surface area contributed by atoms with E-state index in [0.29, 0.717) is 17.7 Å². The number of para-hydroxylation sites is 1. The minimum atomic E-state index is -3.89. The van der Waals surface area contributed by atoms with Crippen LogP contribution >= 0.6 is 15.9 Å². The van der Waals surface area contributed by atoms with Gasteiger partial charge in [-0.1, -0.05) is 58.4 Å². The summed E-state index contributed by atoms with van der Waals surface area (Å²) in [5.74, 6) is 0.0627. The zero-order chi connectivity index (χ0) is 23.7. The van der Waals surface area contributed by atoms with Gasteiger partial charge in [-0.15, -0.1) is 0 Å². The zero-order valence-electron chi connectivity index (χ0n) is 18.0. The third kappa shape index (κ3) is 6.98. The number of sulfonamides is 1. The van der Waals surface area contributed by atoms with Gasteiger partial charge in [-0.25, -0.2) is 13.8 Å². The molecule has 172 valence electrons.